The fourth-order valence-corrected chi connectivity index (χ4v) is 2.61. The Hall–Kier alpha value is -1.00. The van der Waals surface area contributed by atoms with Gasteiger partial charge in [0.25, 0.3) is 0 Å². The summed E-state index contributed by atoms with van der Waals surface area (Å²) in [6.45, 7) is 6.52. The molecule has 19 heavy (non-hydrogen) atoms. The summed E-state index contributed by atoms with van der Waals surface area (Å²) >= 11 is 0. The molecule has 1 aromatic heterocycles. The zero-order chi connectivity index (χ0) is 14.0. The van der Waals surface area contributed by atoms with E-state index in [0.717, 1.165) is 30.6 Å². The van der Waals surface area contributed by atoms with Gasteiger partial charge in [0.05, 0.1) is 17.9 Å². The molecule has 0 radical (unpaired) electrons. The number of nitrogens with two attached hydrogens (primary N) is 1. The van der Waals surface area contributed by atoms with E-state index < -0.39 is 0 Å². The van der Waals surface area contributed by atoms with E-state index in [9.17, 15) is 4.39 Å². The van der Waals surface area contributed by atoms with Crippen molar-refractivity contribution in [2.45, 2.75) is 26.3 Å². The molecule has 0 aromatic carbocycles. The van der Waals surface area contributed by atoms with E-state index in [1.807, 2.05) is 0 Å². The van der Waals surface area contributed by atoms with Gasteiger partial charge >= 0.3 is 0 Å². The molecule has 0 aliphatic heterocycles. The minimum absolute atomic E-state index is 0.139. The molecule has 1 saturated carbocycles. The fourth-order valence-electron chi connectivity index (χ4n) is 2.61. The van der Waals surface area contributed by atoms with Crippen LogP contribution in [0.3, 0.4) is 0 Å². The van der Waals surface area contributed by atoms with Crippen LogP contribution in [0.5, 0.6) is 0 Å². The summed E-state index contributed by atoms with van der Waals surface area (Å²) < 4.78 is 12.8. The largest absolute Gasteiger partial charge is 0.322 e. The summed E-state index contributed by atoms with van der Waals surface area (Å²) in [5, 5.41) is 0. The third-order valence-corrected chi connectivity index (χ3v) is 4.13. The van der Waals surface area contributed by atoms with E-state index in [4.69, 9.17) is 5.73 Å². The van der Waals surface area contributed by atoms with Crippen molar-refractivity contribution < 1.29 is 4.39 Å². The van der Waals surface area contributed by atoms with Crippen molar-refractivity contribution in [1.82, 2.24) is 9.88 Å². The van der Waals surface area contributed by atoms with Crippen LogP contribution in [0.15, 0.2) is 18.3 Å². The van der Waals surface area contributed by atoms with Gasteiger partial charge in [0.2, 0.25) is 0 Å². The van der Waals surface area contributed by atoms with Crippen molar-refractivity contribution in [3.05, 3.63) is 29.8 Å². The molecule has 4 unspecified atom stereocenters. The van der Waals surface area contributed by atoms with Crippen molar-refractivity contribution in [2.24, 2.45) is 23.5 Å². The van der Waals surface area contributed by atoms with Crippen molar-refractivity contribution in [3.63, 3.8) is 0 Å². The SMILES string of the molecule is CC1CC1CN(C)CC(C)C(N)c1ccc(F)cn1. The van der Waals surface area contributed by atoms with Gasteiger partial charge in [-0.3, -0.25) is 4.98 Å². The molecule has 1 aromatic rings. The van der Waals surface area contributed by atoms with Crippen molar-refractivity contribution in [1.29, 1.82) is 0 Å². The summed E-state index contributed by atoms with van der Waals surface area (Å²) in [5.74, 6) is 1.73. The molecule has 3 nitrogen and oxygen atoms in total. The van der Waals surface area contributed by atoms with Crippen LogP contribution in [0.1, 0.15) is 32.0 Å². The van der Waals surface area contributed by atoms with Crippen LogP contribution in [0.2, 0.25) is 0 Å². The lowest BCUT2D eigenvalue weighted by molar-refractivity contribution is 0.251. The van der Waals surface area contributed by atoms with E-state index in [1.54, 1.807) is 6.07 Å². The van der Waals surface area contributed by atoms with Gasteiger partial charge in [-0.05, 0) is 43.4 Å². The Bertz CT molecular complexity index is 406. The summed E-state index contributed by atoms with van der Waals surface area (Å²) in [7, 11) is 2.15. The predicted molar refractivity (Wildman–Crippen MR) is 75.1 cm³/mol. The molecule has 4 atom stereocenters. The highest BCUT2D eigenvalue weighted by molar-refractivity contribution is 5.10. The maximum absolute atomic E-state index is 12.8. The predicted octanol–water partition coefficient (Wildman–Crippen LogP) is 2.44. The minimum atomic E-state index is -0.316. The highest BCUT2D eigenvalue weighted by atomic mass is 19.1. The second kappa shape index (κ2) is 5.97. The maximum Gasteiger partial charge on any atom is 0.141 e. The molecule has 0 saturated heterocycles. The number of pyridine rings is 1. The molecule has 1 aliphatic rings. The van der Waals surface area contributed by atoms with Gasteiger partial charge in [-0.2, -0.15) is 0 Å². The second-order valence-electron chi connectivity index (χ2n) is 6.10. The lowest BCUT2D eigenvalue weighted by Crippen LogP contribution is -2.32. The van der Waals surface area contributed by atoms with Crippen LogP contribution < -0.4 is 5.73 Å². The zero-order valence-electron chi connectivity index (χ0n) is 12.0. The molecule has 2 N–H and O–H groups in total. The second-order valence-corrected chi connectivity index (χ2v) is 6.10. The van der Waals surface area contributed by atoms with Gasteiger partial charge in [0.1, 0.15) is 5.82 Å². The normalized spacial score (nSPS) is 25.4. The van der Waals surface area contributed by atoms with Crippen molar-refractivity contribution >= 4 is 0 Å². The zero-order valence-corrected chi connectivity index (χ0v) is 12.0. The molecule has 0 bridgehead atoms. The average molecular weight is 265 g/mol. The number of nitrogens with zero attached hydrogens (tertiary/aromatic N) is 2. The molecule has 0 amide bonds. The van der Waals surface area contributed by atoms with Crippen molar-refractivity contribution in [2.75, 3.05) is 20.1 Å². The monoisotopic (exact) mass is 265 g/mol. The first kappa shape index (κ1) is 14.4. The third-order valence-electron chi connectivity index (χ3n) is 4.13. The topological polar surface area (TPSA) is 42.1 Å². The molecule has 1 heterocycles. The minimum Gasteiger partial charge on any atom is -0.322 e. The standard InChI is InChI=1S/C15H24FN3/c1-10-6-12(10)9-19(3)8-11(2)15(17)14-5-4-13(16)7-18-14/h4-5,7,10-12,15H,6,8-9,17H2,1-3H3. The lowest BCUT2D eigenvalue weighted by Gasteiger charge is -2.25. The molecule has 2 rings (SSSR count). The fraction of sp³-hybridized carbons (Fsp3) is 0.667. The molecule has 4 heteroatoms. The molecule has 0 spiro atoms. The van der Waals surface area contributed by atoms with E-state index in [2.05, 4.69) is 30.8 Å². The number of rotatable bonds is 6. The van der Waals surface area contributed by atoms with Crippen LogP contribution in [0, 0.1) is 23.6 Å². The summed E-state index contributed by atoms with van der Waals surface area (Å²) in [6, 6.07) is 2.96. The number of hydrogen-bond donors (Lipinski definition) is 1. The molecule has 1 fully saturated rings. The Labute approximate surface area is 115 Å². The highest BCUT2D eigenvalue weighted by Gasteiger charge is 2.33. The van der Waals surface area contributed by atoms with Crippen LogP contribution in [0.4, 0.5) is 4.39 Å². The smallest absolute Gasteiger partial charge is 0.141 e. The Morgan fingerprint density at radius 2 is 2.21 bits per heavy atom. The summed E-state index contributed by atoms with van der Waals surface area (Å²) in [4.78, 5) is 6.42. The first-order valence-corrected chi connectivity index (χ1v) is 7.03. The van der Waals surface area contributed by atoms with E-state index in [0.29, 0.717) is 5.92 Å². The summed E-state index contributed by atoms with van der Waals surface area (Å²) in [5.41, 5.74) is 6.96. The Kier molecular flexibility index (Phi) is 4.53. The van der Waals surface area contributed by atoms with E-state index >= 15 is 0 Å². The number of hydrogen-bond acceptors (Lipinski definition) is 3. The molecular formula is C15H24FN3. The number of halogens is 1. The van der Waals surface area contributed by atoms with E-state index in [-0.39, 0.29) is 11.9 Å². The van der Waals surface area contributed by atoms with Gasteiger partial charge in [-0.15, -0.1) is 0 Å². The van der Waals surface area contributed by atoms with Crippen LogP contribution >= 0.6 is 0 Å². The van der Waals surface area contributed by atoms with Gasteiger partial charge in [-0.1, -0.05) is 13.8 Å². The van der Waals surface area contributed by atoms with E-state index in [1.165, 1.54) is 18.7 Å². The Morgan fingerprint density at radius 1 is 1.53 bits per heavy atom. The molecule has 106 valence electrons. The Balaban J connectivity index is 1.84. The third kappa shape index (κ3) is 3.98. The maximum atomic E-state index is 12.8. The lowest BCUT2D eigenvalue weighted by atomic mass is 9.98. The van der Waals surface area contributed by atoms with Gasteiger partial charge in [-0.25, -0.2) is 4.39 Å². The van der Waals surface area contributed by atoms with Crippen LogP contribution in [-0.4, -0.2) is 30.0 Å². The molecule has 1 aliphatic carbocycles. The highest BCUT2D eigenvalue weighted by Crippen LogP contribution is 2.38. The van der Waals surface area contributed by atoms with Crippen molar-refractivity contribution in [3.8, 4) is 0 Å². The van der Waals surface area contributed by atoms with Gasteiger partial charge < -0.3 is 10.6 Å². The Morgan fingerprint density at radius 3 is 2.74 bits per heavy atom. The van der Waals surface area contributed by atoms with Crippen LogP contribution in [-0.2, 0) is 0 Å². The van der Waals surface area contributed by atoms with Crippen LogP contribution in [0.25, 0.3) is 0 Å². The quantitative estimate of drug-likeness (QED) is 0.859. The first-order chi connectivity index (χ1) is 8.97. The first-order valence-electron chi connectivity index (χ1n) is 7.03. The average Bonchev–Trinajstić information content (AvgIpc) is 3.04. The molecular weight excluding hydrogens is 241 g/mol. The van der Waals surface area contributed by atoms with Gasteiger partial charge in [0.15, 0.2) is 0 Å². The van der Waals surface area contributed by atoms with Gasteiger partial charge in [0, 0.05) is 13.1 Å². The number of aromatic nitrogens is 1. The summed E-state index contributed by atoms with van der Waals surface area (Å²) in [6.07, 6.45) is 2.59.